The van der Waals surface area contributed by atoms with Crippen LogP contribution >= 0.6 is 0 Å². The molecule has 0 unspecified atom stereocenters. The molecule has 16 heavy (non-hydrogen) atoms. The molecule has 1 rings (SSSR count). The van der Waals surface area contributed by atoms with Gasteiger partial charge in [0.2, 0.25) is 5.88 Å². The van der Waals surface area contributed by atoms with Crippen LogP contribution < -0.4 is 16.2 Å². The molecule has 8 heteroatoms. The lowest BCUT2D eigenvalue weighted by Gasteiger charge is -2.12. The number of nitrogen functional groups attached to an aromatic ring is 1. The van der Waals surface area contributed by atoms with Gasteiger partial charge in [0.15, 0.2) is 5.69 Å². The fraction of sp³-hybridized carbons (Fsp3) is 0.250. The number of ether oxygens (including phenoxy) is 1. The molecule has 0 spiro atoms. The van der Waals surface area contributed by atoms with Crippen molar-refractivity contribution < 1.29 is 22.7 Å². The number of anilines is 1. The van der Waals surface area contributed by atoms with Crippen molar-refractivity contribution in [1.29, 1.82) is 0 Å². The number of methoxy groups -OCH3 is 1. The lowest BCUT2D eigenvalue weighted by atomic mass is 10.2. The second-order valence-electron chi connectivity index (χ2n) is 2.85. The number of alkyl halides is 3. The summed E-state index contributed by atoms with van der Waals surface area (Å²) in [6.45, 7) is 0. The van der Waals surface area contributed by atoms with Gasteiger partial charge in [0.25, 0.3) is 5.91 Å². The number of amides is 1. The fourth-order valence-electron chi connectivity index (χ4n) is 1.07. The van der Waals surface area contributed by atoms with E-state index in [1.165, 1.54) is 0 Å². The molecule has 88 valence electrons. The molecule has 4 N–H and O–H groups in total. The first-order valence-electron chi connectivity index (χ1n) is 3.99. The summed E-state index contributed by atoms with van der Waals surface area (Å²) < 4.78 is 41.8. The summed E-state index contributed by atoms with van der Waals surface area (Å²) >= 11 is 0. The average Bonchev–Trinajstić information content (AvgIpc) is 2.15. The van der Waals surface area contributed by atoms with Crippen LogP contribution in [0.5, 0.6) is 5.88 Å². The summed E-state index contributed by atoms with van der Waals surface area (Å²) in [5.41, 5.74) is 8.05. The van der Waals surface area contributed by atoms with Crippen LogP contribution in [0.4, 0.5) is 18.9 Å². The van der Waals surface area contributed by atoms with E-state index in [0.29, 0.717) is 6.07 Å². The molecule has 1 amide bonds. The first-order chi connectivity index (χ1) is 7.27. The van der Waals surface area contributed by atoms with Crippen LogP contribution in [0.2, 0.25) is 0 Å². The van der Waals surface area contributed by atoms with E-state index < -0.39 is 34.9 Å². The van der Waals surface area contributed by atoms with E-state index in [4.69, 9.17) is 11.5 Å². The number of nitrogens with zero attached hydrogens (tertiary/aromatic N) is 1. The Bertz CT molecular complexity index is 431. The smallest absolute Gasteiger partial charge is 0.421 e. The van der Waals surface area contributed by atoms with E-state index in [-0.39, 0.29) is 0 Å². The predicted octanol–water partition coefficient (Wildman–Crippen LogP) is 0.790. The molecule has 0 atom stereocenters. The van der Waals surface area contributed by atoms with Crippen LogP contribution in [-0.4, -0.2) is 18.0 Å². The zero-order chi connectivity index (χ0) is 12.5. The van der Waals surface area contributed by atoms with Gasteiger partial charge < -0.3 is 16.2 Å². The Hall–Kier alpha value is -1.99. The van der Waals surface area contributed by atoms with E-state index >= 15 is 0 Å². The first kappa shape index (κ1) is 12.1. The summed E-state index contributed by atoms with van der Waals surface area (Å²) in [6, 6.07) is 0.561. The summed E-state index contributed by atoms with van der Waals surface area (Å²) in [5.74, 6) is -1.76. The van der Waals surface area contributed by atoms with Crippen LogP contribution in [-0.2, 0) is 6.18 Å². The van der Waals surface area contributed by atoms with Gasteiger partial charge >= 0.3 is 6.18 Å². The molecule has 0 saturated heterocycles. The van der Waals surface area contributed by atoms with Crippen LogP contribution in [0.25, 0.3) is 0 Å². The topological polar surface area (TPSA) is 91.2 Å². The van der Waals surface area contributed by atoms with Gasteiger partial charge in [0.05, 0.1) is 12.8 Å². The number of carbonyl (C=O) groups excluding carboxylic acids is 1. The molecule has 1 aromatic rings. The van der Waals surface area contributed by atoms with E-state index in [1.807, 2.05) is 0 Å². The molecule has 0 aliphatic heterocycles. The maximum atomic E-state index is 12.5. The number of carbonyl (C=O) groups is 1. The molecule has 5 nitrogen and oxygen atoms in total. The van der Waals surface area contributed by atoms with Gasteiger partial charge in [-0.15, -0.1) is 0 Å². The Labute approximate surface area is 88.2 Å². The summed E-state index contributed by atoms with van der Waals surface area (Å²) in [4.78, 5) is 14.1. The van der Waals surface area contributed by atoms with E-state index in [1.54, 1.807) is 0 Å². The van der Waals surface area contributed by atoms with Crippen LogP contribution in [0.15, 0.2) is 6.07 Å². The Morgan fingerprint density at radius 1 is 1.50 bits per heavy atom. The maximum Gasteiger partial charge on any atom is 0.421 e. The van der Waals surface area contributed by atoms with E-state index in [9.17, 15) is 18.0 Å². The highest BCUT2D eigenvalue weighted by molar-refractivity contribution is 5.96. The van der Waals surface area contributed by atoms with Gasteiger partial charge in [-0.25, -0.2) is 4.98 Å². The number of pyridine rings is 1. The van der Waals surface area contributed by atoms with Gasteiger partial charge in [-0.2, -0.15) is 13.2 Å². The van der Waals surface area contributed by atoms with Gasteiger partial charge in [0, 0.05) is 0 Å². The second-order valence-corrected chi connectivity index (χ2v) is 2.85. The zero-order valence-corrected chi connectivity index (χ0v) is 8.13. The third-order valence-corrected chi connectivity index (χ3v) is 1.75. The normalized spacial score (nSPS) is 11.2. The van der Waals surface area contributed by atoms with Crippen molar-refractivity contribution in [1.82, 2.24) is 4.98 Å². The van der Waals surface area contributed by atoms with Crippen molar-refractivity contribution in [3.05, 3.63) is 17.3 Å². The SMILES string of the molecule is COc1nc(C(N)=O)c(N)cc1C(F)(F)F. The molecular weight excluding hydrogens is 227 g/mol. The molecule has 0 bridgehead atoms. The first-order valence-corrected chi connectivity index (χ1v) is 3.99. The Morgan fingerprint density at radius 2 is 2.06 bits per heavy atom. The molecule has 0 fully saturated rings. The largest absolute Gasteiger partial charge is 0.481 e. The maximum absolute atomic E-state index is 12.5. The molecule has 1 heterocycles. The quantitative estimate of drug-likeness (QED) is 0.792. The predicted molar refractivity (Wildman–Crippen MR) is 48.7 cm³/mol. The van der Waals surface area contributed by atoms with Crippen molar-refractivity contribution in [2.75, 3.05) is 12.8 Å². The molecule has 0 aromatic carbocycles. The number of nitrogens with two attached hydrogens (primary N) is 2. The van der Waals surface area contributed by atoms with Crippen molar-refractivity contribution in [3.63, 3.8) is 0 Å². The van der Waals surface area contributed by atoms with Crippen molar-refractivity contribution in [2.45, 2.75) is 6.18 Å². The van der Waals surface area contributed by atoms with Gasteiger partial charge in [-0.05, 0) is 6.07 Å². The molecule has 1 aromatic heterocycles. The lowest BCUT2D eigenvalue weighted by molar-refractivity contribution is -0.139. The highest BCUT2D eigenvalue weighted by Gasteiger charge is 2.36. The number of halogens is 3. The fourth-order valence-corrected chi connectivity index (χ4v) is 1.07. The molecule has 0 radical (unpaired) electrons. The van der Waals surface area contributed by atoms with E-state index in [2.05, 4.69) is 9.72 Å². The summed E-state index contributed by atoms with van der Waals surface area (Å²) in [5, 5.41) is 0. The van der Waals surface area contributed by atoms with E-state index in [0.717, 1.165) is 7.11 Å². The Balaban J connectivity index is 3.44. The molecule has 0 saturated carbocycles. The highest BCUT2D eigenvalue weighted by atomic mass is 19.4. The van der Waals surface area contributed by atoms with Gasteiger partial charge in [0.1, 0.15) is 5.56 Å². The number of primary amides is 1. The third-order valence-electron chi connectivity index (χ3n) is 1.75. The molecule has 0 aliphatic rings. The van der Waals surface area contributed by atoms with Crippen LogP contribution in [0.3, 0.4) is 0 Å². The van der Waals surface area contributed by atoms with Crippen molar-refractivity contribution >= 4 is 11.6 Å². The number of hydrogen-bond donors (Lipinski definition) is 2. The number of hydrogen-bond acceptors (Lipinski definition) is 4. The number of rotatable bonds is 2. The average molecular weight is 235 g/mol. The van der Waals surface area contributed by atoms with Gasteiger partial charge in [-0.3, -0.25) is 4.79 Å². The Morgan fingerprint density at radius 3 is 2.44 bits per heavy atom. The van der Waals surface area contributed by atoms with Crippen molar-refractivity contribution in [2.24, 2.45) is 5.73 Å². The summed E-state index contributed by atoms with van der Waals surface area (Å²) in [6.07, 6.45) is -4.66. The Kier molecular flexibility index (Phi) is 2.92. The molecule has 0 aliphatic carbocycles. The minimum atomic E-state index is -4.66. The standard InChI is InChI=1S/C8H8F3N3O2/c1-16-7-3(8(9,10)11)2-4(12)5(14-7)6(13)15/h2H,12H2,1H3,(H2,13,15). The lowest BCUT2D eigenvalue weighted by Crippen LogP contribution is -2.18. The van der Waals surface area contributed by atoms with Gasteiger partial charge in [-0.1, -0.05) is 0 Å². The highest BCUT2D eigenvalue weighted by Crippen LogP contribution is 2.36. The monoisotopic (exact) mass is 235 g/mol. The minimum absolute atomic E-state index is 0.444. The van der Waals surface area contributed by atoms with Crippen molar-refractivity contribution in [3.8, 4) is 5.88 Å². The summed E-state index contributed by atoms with van der Waals surface area (Å²) in [7, 11) is 0.999. The second kappa shape index (κ2) is 3.87. The minimum Gasteiger partial charge on any atom is -0.481 e. The molecular formula is C8H8F3N3O2. The number of aromatic nitrogens is 1. The third kappa shape index (κ3) is 2.15. The van der Waals surface area contributed by atoms with Crippen LogP contribution in [0, 0.1) is 0 Å². The van der Waals surface area contributed by atoms with Crippen LogP contribution in [0.1, 0.15) is 16.1 Å². The zero-order valence-electron chi connectivity index (χ0n) is 8.13.